The number of aromatic nitrogens is 2. The zero-order valence-electron chi connectivity index (χ0n) is 16.3. The Morgan fingerprint density at radius 1 is 1.14 bits per heavy atom. The fourth-order valence-electron chi connectivity index (χ4n) is 2.99. The van der Waals surface area contributed by atoms with Gasteiger partial charge in [-0.1, -0.05) is 0 Å². The van der Waals surface area contributed by atoms with Gasteiger partial charge in [-0.15, -0.1) is 0 Å². The van der Waals surface area contributed by atoms with Crippen LogP contribution in [0.25, 0.3) is 0 Å². The van der Waals surface area contributed by atoms with Crippen LogP contribution in [0, 0.1) is 0 Å². The highest BCUT2D eigenvalue weighted by atomic mass is 16.3. The Morgan fingerprint density at radius 3 is 2.50 bits per heavy atom. The zero-order valence-corrected chi connectivity index (χ0v) is 16.3. The van der Waals surface area contributed by atoms with E-state index in [1.54, 1.807) is 34.2 Å². The molecule has 1 aliphatic rings. The van der Waals surface area contributed by atoms with Crippen molar-refractivity contribution in [2.45, 2.75) is 6.42 Å². The Kier molecular flexibility index (Phi) is 6.59. The first kappa shape index (κ1) is 19.8. The van der Waals surface area contributed by atoms with Crippen LogP contribution in [0.3, 0.4) is 0 Å². The van der Waals surface area contributed by atoms with Crippen molar-refractivity contribution in [3.05, 3.63) is 42.1 Å². The molecule has 2 aromatic rings. The number of anilines is 1. The number of rotatable bonds is 7. The van der Waals surface area contributed by atoms with Gasteiger partial charge in [-0.05, 0) is 45.3 Å². The highest BCUT2D eigenvalue weighted by Gasteiger charge is 2.27. The second-order valence-corrected chi connectivity index (χ2v) is 6.91. The van der Waals surface area contributed by atoms with Crippen LogP contribution in [-0.2, 0) is 0 Å². The molecule has 1 N–H and O–H groups in total. The van der Waals surface area contributed by atoms with Gasteiger partial charge in [0.2, 0.25) is 5.95 Å². The van der Waals surface area contributed by atoms with Crippen molar-refractivity contribution >= 4 is 17.8 Å². The Labute approximate surface area is 164 Å². The van der Waals surface area contributed by atoms with Crippen LogP contribution in [0.4, 0.5) is 5.95 Å². The van der Waals surface area contributed by atoms with E-state index < -0.39 is 0 Å². The van der Waals surface area contributed by atoms with Crippen LogP contribution < -0.4 is 5.32 Å². The average molecular weight is 386 g/mol. The normalized spacial score (nSPS) is 14.4. The molecule has 0 aliphatic carbocycles. The first-order valence-corrected chi connectivity index (χ1v) is 9.38. The van der Waals surface area contributed by atoms with Gasteiger partial charge in [0.05, 0.1) is 6.26 Å². The molecule has 1 aliphatic heterocycles. The molecule has 9 heteroatoms. The van der Waals surface area contributed by atoms with E-state index in [9.17, 15) is 9.59 Å². The van der Waals surface area contributed by atoms with E-state index in [4.69, 9.17) is 4.42 Å². The second kappa shape index (κ2) is 9.32. The molecule has 9 nitrogen and oxygen atoms in total. The van der Waals surface area contributed by atoms with Crippen molar-refractivity contribution in [2.24, 2.45) is 0 Å². The second-order valence-electron chi connectivity index (χ2n) is 6.91. The summed E-state index contributed by atoms with van der Waals surface area (Å²) in [6.45, 7) is 3.55. The van der Waals surface area contributed by atoms with Crippen molar-refractivity contribution < 1.29 is 14.0 Å². The van der Waals surface area contributed by atoms with Crippen LogP contribution >= 0.6 is 0 Å². The van der Waals surface area contributed by atoms with Gasteiger partial charge < -0.3 is 24.4 Å². The quantitative estimate of drug-likeness (QED) is 0.710. The number of hydrogen-bond acceptors (Lipinski definition) is 7. The summed E-state index contributed by atoms with van der Waals surface area (Å²) < 4.78 is 5.16. The summed E-state index contributed by atoms with van der Waals surface area (Å²) in [6.07, 6.45) is 4.03. The highest BCUT2D eigenvalue weighted by Crippen LogP contribution is 2.12. The third-order valence-corrected chi connectivity index (χ3v) is 4.53. The summed E-state index contributed by atoms with van der Waals surface area (Å²) in [5.41, 5.74) is 0.357. The monoisotopic (exact) mass is 386 g/mol. The van der Waals surface area contributed by atoms with Gasteiger partial charge in [0.25, 0.3) is 11.8 Å². The van der Waals surface area contributed by atoms with Crippen LogP contribution in [0.1, 0.15) is 27.5 Å². The number of amides is 2. The lowest BCUT2D eigenvalue weighted by molar-refractivity contribution is 0.0515. The third kappa shape index (κ3) is 5.07. The molecular formula is C19H26N6O3. The number of furan rings is 1. The molecule has 1 saturated heterocycles. The highest BCUT2D eigenvalue weighted by molar-refractivity contribution is 5.93. The van der Waals surface area contributed by atoms with Gasteiger partial charge in [0.15, 0.2) is 5.76 Å². The van der Waals surface area contributed by atoms with Gasteiger partial charge in [-0.2, -0.15) is 0 Å². The molecule has 150 valence electrons. The molecule has 0 unspecified atom stereocenters. The minimum absolute atomic E-state index is 0.149. The van der Waals surface area contributed by atoms with Gasteiger partial charge in [-0.3, -0.25) is 9.59 Å². The van der Waals surface area contributed by atoms with Crippen LogP contribution in [-0.4, -0.2) is 89.8 Å². The van der Waals surface area contributed by atoms with Crippen LogP contribution in [0.5, 0.6) is 0 Å². The first-order chi connectivity index (χ1) is 13.5. The molecule has 28 heavy (non-hydrogen) atoms. The number of nitrogens with zero attached hydrogens (tertiary/aromatic N) is 5. The molecule has 1 fully saturated rings. The lowest BCUT2D eigenvalue weighted by Gasteiger charge is -2.34. The molecule has 3 rings (SSSR count). The minimum atomic E-state index is -0.150. The molecule has 3 heterocycles. The smallest absolute Gasteiger partial charge is 0.289 e. The molecule has 0 aromatic carbocycles. The van der Waals surface area contributed by atoms with Crippen molar-refractivity contribution in [2.75, 3.05) is 58.7 Å². The van der Waals surface area contributed by atoms with Crippen molar-refractivity contribution in [3.63, 3.8) is 0 Å². The number of nitrogens with one attached hydrogen (secondary N) is 1. The van der Waals surface area contributed by atoms with Gasteiger partial charge >= 0.3 is 0 Å². The fourth-order valence-corrected chi connectivity index (χ4v) is 2.99. The topological polar surface area (TPSA) is 94.8 Å². The molecule has 0 saturated carbocycles. The molecule has 2 amide bonds. The summed E-state index contributed by atoms with van der Waals surface area (Å²) in [6, 6.07) is 4.95. The van der Waals surface area contributed by atoms with E-state index in [-0.39, 0.29) is 11.8 Å². The Bertz CT molecular complexity index is 785. The standard InChI is InChI=1S/C19H26N6O3/c1-23(2)9-4-7-20-19-21-8-6-15(22-19)17(26)24-10-12-25(13-11-24)18(27)16-5-3-14-28-16/h3,5-6,8,14H,4,7,9-13H2,1-2H3,(H,20,21,22). The Hall–Kier alpha value is -2.94. The van der Waals surface area contributed by atoms with Crippen molar-refractivity contribution in [1.29, 1.82) is 0 Å². The van der Waals surface area contributed by atoms with Crippen LogP contribution in [0.15, 0.2) is 35.1 Å². The zero-order chi connectivity index (χ0) is 19.9. The SMILES string of the molecule is CN(C)CCCNc1nccc(C(=O)N2CCN(C(=O)c3ccco3)CC2)n1. The van der Waals surface area contributed by atoms with Crippen molar-refractivity contribution in [3.8, 4) is 0 Å². The summed E-state index contributed by atoms with van der Waals surface area (Å²) in [5, 5.41) is 3.15. The Balaban J connectivity index is 1.52. The van der Waals surface area contributed by atoms with Crippen molar-refractivity contribution in [1.82, 2.24) is 24.7 Å². The van der Waals surface area contributed by atoms with Gasteiger partial charge in [-0.25, -0.2) is 9.97 Å². The number of hydrogen-bond donors (Lipinski definition) is 1. The number of piperazine rings is 1. The summed E-state index contributed by atoms with van der Waals surface area (Å²) in [5.74, 6) is 0.476. The van der Waals surface area contributed by atoms with E-state index >= 15 is 0 Å². The molecule has 0 atom stereocenters. The van der Waals surface area contributed by atoms with Gasteiger partial charge in [0, 0.05) is 38.9 Å². The number of carbonyl (C=O) groups excluding carboxylic acids is 2. The maximum Gasteiger partial charge on any atom is 0.289 e. The average Bonchev–Trinajstić information content (AvgIpc) is 3.25. The number of carbonyl (C=O) groups is 2. The van der Waals surface area contributed by atoms with E-state index in [0.717, 1.165) is 19.5 Å². The van der Waals surface area contributed by atoms with E-state index in [0.29, 0.717) is 43.6 Å². The van der Waals surface area contributed by atoms with E-state index in [2.05, 4.69) is 20.2 Å². The fraction of sp³-hybridized carbons (Fsp3) is 0.474. The van der Waals surface area contributed by atoms with E-state index in [1.165, 1.54) is 6.26 Å². The largest absolute Gasteiger partial charge is 0.459 e. The first-order valence-electron chi connectivity index (χ1n) is 9.38. The molecule has 2 aromatic heterocycles. The Morgan fingerprint density at radius 2 is 1.86 bits per heavy atom. The molecule has 0 radical (unpaired) electrons. The summed E-state index contributed by atoms with van der Waals surface area (Å²) >= 11 is 0. The molecular weight excluding hydrogens is 360 g/mol. The predicted octanol–water partition coefficient (Wildman–Crippen LogP) is 1.03. The maximum absolute atomic E-state index is 12.8. The molecule has 0 bridgehead atoms. The summed E-state index contributed by atoms with van der Waals surface area (Å²) in [7, 11) is 4.05. The lowest BCUT2D eigenvalue weighted by Crippen LogP contribution is -2.50. The molecule has 0 spiro atoms. The van der Waals surface area contributed by atoms with Gasteiger partial charge in [0.1, 0.15) is 5.69 Å². The summed E-state index contributed by atoms with van der Waals surface area (Å²) in [4.78, 5) is 39.1. The predicted molar refractivity (Wildman–Crippen MR) is 104 cm³/mol. The lowest BCUT2D eigenvalue weighted by atomic mass is 10.2. The third-order valence-electron chi connectivity index (χ3n) is 4.53. The van der Waals surface area contributed by atoms with Crippen LogP contribution in [0.2, 0.25) is 0 Å². The minimum Gasteiger partial charge on any atom is -0.459 e. The van der Waals surface area contributed by atoms with E-state index in [1.807, 2.05) is 14.1 Å². The maximum atomic E-state index is 12.8.